The third kappa shape index (κ3) is 9.67. The summed E-state index contributed by atoms with van der Waals surface area (Å²) in [5, 5.41) is 3.50. The van der Waals surface area contributed by atoms with E-state index in [1.165, 1.54) is 12.8 Å². The highest BCUT2D eigenvalue weighted by atomic mass is 16.5. The molecule has 0 unspecified atom stereocenters. The first kappa shape index (κ1) is 18.8. The van der Waals surface area contributed by atoms with Gasteiger partial charge in [-0.1, -0.05) is 6.07 Å². The number of rotatable bonds is 8. The van der Waals surface area contributed by atoms with Gasteiger partial charge in [0.2, 0.25) is 0 Å². The zero-order valence-corrected chi connectivity index (χ0v) is 15.2. The van der Waals surface area contributed by atoms with Gasteiger partial charge in [0.1, 0.15) is 17.1 Å². The minimum atomic E-state index is -0.182. The molecule has 0 heterocycles. The molecular formula is C19H33NO2. The van der Waals surface area contributed by atoms with E-state index in [9.17, 15) is 0 Å². The van der Waals surface area contributed by atoms with Gasteiger partial charge in [0.25, 0.3) is 0 Å². The highest BCUT2D eigenvalue weighted by Crippen LogP contribution is 2.23. The first-order valence-electron chi connectivity index (χ1n) is 8.33. The lowest BCUT2D eigenvalue weighted by atomic mass is 10.1. The van der Waals surface area contributed by atoms with E-state index >= 15 is 0 Å². The van der Waals surface area contributed by atoms with Crippen LogP contribution >= 0.6 is 0 Å². The molecule has 1 aromatic rings. The van der Waals surface area contributed by atoms with E-state index in [2.05, 4.69) is 26.1 Å². The molecule has 3 heteroatoms. The normalized spacial score (nSPS) is 12.3. The summed E-state index contributed by atoms with van der Waals surface area (Å²) in [5.74, 6) is 1.74. The Morgan fingerprint density at radius 2 is 1.59 bits per heavy atom. The molecule has 0 aliphatic rings. The fourth-order valence-corrected chi connectivity index (χ4v) is 2.04. The molecule has 0 atom stereocenters. The summed E-state index contributed by atoms with van der Waals surface area (Å²) in [6.45, 7) is 14.6. The largest absolute Gasteiger partial charge is 0.493 e. The van der Waals surface area contributed by atoms with Gasteiger partial charge < -0.3 is 14.8 Å². The second-order valence-corrected chi connectivity index (χ2v) is 7.78. The predicted octanol–water partition coefficient (Wildman–Crippen LogP) is 4.80. The summed E-state index contributed by atoms with van der Waals surface area (Å²) in [5.41, 5.74) is 0.0304. The highest BCUT2D eigenvalue weighted by molar-refractivity contribution is 5.33. The molecule has 1 aromatic carbocycles. The van der Waals surface area contributed by atoms with Crippen LogP contribution in [0, 0.1) is 0 Å². The Kier molecular flexibility index (Phi) is 7.21. The first-order valence-corrected chi connectivity index (χ1v) is 8.33. The molecule has 1 N–H and O–H groups in total. The highest BCUT2D eigenvalue weighted by Gasteiger charge is 2.12. The Morgan fingerprint density at radius 3 is 2.23 bits per heavy atom. The lowest BCUT2D eigenvalue weighted by Crippen LogP contribution is -2.36. The lowest BCUT2D eigenvalue weighted by Gasteiger charge is -2.21. The Hall–Kier alpha value is -1.22. The molecule has 0 radical (unpaired) electrons. The van der Waals surface area contributed by atoms with Gasteiger partial charge in [-0.05, 0) is 79.5 Å². The maximum Gasteiger partial charge on any atom is 0.123 e. The Labute approximate surface area is 136 Å². The number of ether oxygens (including phenoxy) is 2. The molecule has 0 aromatic heterocycles. The summed E-state index contributed by atoms with van der Waals surface area (Å²) in [6.07, 6.45) is 3.45. The average Bonchev–Trinajstić information content (AvgIpc) is 2.34. The topological polar surface area (TPSA) is 30.5 Å². The van der Waals surface area contributed by atoms with Crippen molar-refractivity contribution >= 4 is 0 Å². The summed E-state index contributed by atoms with van der Waals surface area (Å²) in [7, 11) is 0. The molecule has 0 amide bonds. The van der Waals surface area contributed by atoms with Crippen LogP contribution in [0.1, 0.15) is 60.8 Å². The second-order valence-electron chi connectivity index (χ2n) is 7.78. The molecule has 0 saturated heterocycles. The van der Waals surface area contributed by atoms with Crippen LogP contribution in [-0.4, -0.2) is 24.3 Å². The van der Waals surface area contributed by atoms with Gasteiger partial charge in [0.05, 0.1) is 6.61 Å². The zero-order chi connectivity index (χ0) is 16.6. The molecule has 0 spiro atoms. The van der Waals surface area contributed by atoms with Gasteiger partial charge in [-0.3, -0.25) is 0 Å². The molecule has 22 heavy (non-hydrogen) atoms. The van der Waals surface area contributed by atoms with Gasteiger partial charge in [0.15, 0.2) is 0 Å². The van der Waals surface area contributed by atoms with Crippen molar-refractivity contribution in [3.63, 3.8) is 0 Å². The van der Waals surface area contributed by atoms with E-state index in [4.69, 9.17) is 9.47 Å². The van der Waals surface area contributed by atoms with Gasteiger partial charge in [-0.15, -0.1) is 0 Å². The van der Waals surface area contributed by atoms with Crippen LogP contribution in [0.15, 0.2) is 24.3 Å². The zero-order valence-electron chi connectivity index (χ0n) is 15.2. The van der Waals surface area contributed by atoms with Crippen molar-refractivity contribution < 1.29 is 9.47 Å². The van der Waals surface area contributed by atoms with E-state index in [1.54, 1.807) is 0 Å². The molecule has 0 aliphatic carbocycles. The van der Waals surface area contributed by atoms with Crippen LogP contribution in [0.3, 0.4) is 0 Å². The van der Waals surface area contributed by atoms with Crippen LogP contribution in [0.5, 0.6) is 11.5 Å². The van der Waals surface area contributed by atoms with E-state index in [0.717, 1.165) is 31.1 Å². The lowest BCUT2D eigenvalue weighted by molar-refractivity contribution is 0.130. The van der Waals surface area contributed by atoms with Crippen molar-refractivity contribution in [2.45, 2.75) is 71.9 Å². The van der Waals surface area contributed by atoms with Gasteiger partial charge >= 0.3 is 0 Å². The van der Waals surface area contributed by atoms with E-state index in [-0.39, 0.29) is 11.1 Å². The minimum Gasteiger partial charge on any atom is -0.493 e. The summed E-state index contributed by atoms with van der Waals surface area (Å²) in [6, 6.07) is 7.89. The number of unbranched alkanes of at least 4 members (excludes halogenated alkanes) is 2. The molecule has 3 nitrogen and oxygen atoms in total. The molecular weight excluding hydrogens is 274 g/mol. The van der Waals surface area contributed by atoms with E-state index in [0.29, 0.717) is 0 Å². The monoisotopic (exact) mass is 307 g/mol. The predicted molar refractivity (Wildman–Crippen MR) is 93.9 cm³/mol. The van der Waals surface area contributed by atoms with Crippen molar-refractivity contribution in [2.75, 3.05) is 13.2 Å². The quantitative estimate of drug-likeness (QED) is 0.700. The molecule has 126 valence electrons. The first-order chi connectivity index (χ1) is 10.2. The van der Waals surface area contributed by atoms with Crippen molar-refractivity contribution in [3.05, 3.63) is 24.3 Å². The number of nitrogens with one attached hydrogen (secondary N) is 1. The van der Waals surface area contributed by atoms with Crippen molar-refractivity contribution in [3.8, 4) is 11.5 Å². The maximum absolute atomic E-state index is 5.85. The van der Waals surface area contributed by atoms with Crippen molar-refractivity contribution in [1.29, 1.82) is 0 Å². The van der Waals surface area contributed by atoms with Gasteiger partial charge in [0, 0.05) is 11.6 Å². The van der Waals surface area contributed by atoms with Crippen LogP contribution < -0.4 is 14.8 Å². The van der Waals surface area contributed by atoms with Crippen molar-refractivity contribution in [2.24, 2.45) is 0 Å². The number of hydrogen-bond acceptors (Lipinski definition) is 3. The molecule has 0 fully saturated rings. The molecule has 0 bridgehead atoms. The molecule has 1 rings (SSSR count). The van der Waals surface area contributed by atoms with Crippen LogP contribution in [-0.2, 0) is 0 Å². The molecule has 0 aliphatic heterocycles. The number of benzene rings is 1. The number of hydrogen-bond donors (Lipinski definition) is 1. The van der Waals surface area contributed by atoms with E-state index in [1.807, 2.05) is 45.0 Å². The van der Waals surface area contributed by atoms with E-state index < -0.39 is 0 Å². The Morgan fingerprint density at radius 1 is 0.909 bits per heavy atom. The van der Waals surface area contributed by atoms with Crippen LogP contribution in [0.2, 0.25) is 0 Å². The fraction of sp³-hybridized carbons (Fsp3) is 0.684. The third-order valence-corrected chi connectivity index (χ3v) is 2.97. The second kappa shape index (κ2) is 8.42. The average molecular weight is 307 g/mol. The van der Waals surface area contributed by atoms with Gasteiger partial charge in [-0.25, -0.2) is 0 Å². The Bertz CT molecular complexity index is 430. The summed E-state index contributed by atoms with van der Waals surface area (Å²) < 4.78 is 11.7. The smallest absolute Gasteiger partial charge is 0.123 e. The fourth-order valence-electron chi connectivity index (χ4n) is 2.04. The summed E-state index contributed by atoms with van der Waals surface area (Å²) >= 11 is 0. The minimum absolute atomic E-state index is 0.182. The van der Waals surface area contributed by atoms with Crippen molar-refractivity contribution in [1.82, 2.24) is 5.32 Å². The SMILES string of the molecule is CC(C)(C)NCCCCCOc1cccc(OC(C)(C)C)c1. The summed E-state index contributed by atoms with van der Waals surface area (Å²) in [4.78, 5) is 0. The maximum atomic E-state index is 5.85. The standard InChI is InChI=1S/C19H33NO2/c1-18(2,3)20-13-8-7-9-14-21-16-11-10-12-17(15-16)22-19(4,5)6/h10-12,15,20H,7-9,13-14H2,1-6H3. The third-order valence-electron chi connectivity index (χ3n) is 2.97. The van der Waals surface area contributed by atoms with Gasteiger partial charge in [-0.2, -0.15) is 0 Å². The van der Waals surface area contributed by atoms with Crippen LogP contribution in [0.25, 0.3) is 0 Å². The Balaban J connectivity index is 2.21. The molecule has 0 saturated carbocycles. The van der Waals surface area contributed by atoms with Crippen LogP contribution in [0.4, 0.5) is 0 Å².